The summed E-state index contributed by atoms with van der Waals surface area (Å²) in [6, 6.07) is 24.3. The van der Waals surface area contributed by atoms with Gasteiger partial charge in [0.15, 0.2) is 0 Å². The van der Waals surface area contributed by atoms with E-state index >= 15 is 0 Å². The van der Waals surface area contributed by atoms with Gasteiger partial charge in [-0.2, -0.15) is 4.31 Å². The van der Waals surface area contributed by atoms with Gasteiger partial charge in [-0.05, 0) is 49.1 Å². The van der Waals surface area contributed by atoms with Crippen molar-refractivity contribution in [2.75, 3.05) is 19.7 Å². The maximum absolute atomic E-state index is 13.7. The second-order valence-corrected chi connectivity index (χ2v) is 10.2. The Morgan fingerprint density at radius 2 is 1.44 bits per heavy atom. The van der Waals surface area contributed by atoms with E-state index in [1.165, 1.54) is 10.4 Å². The molecule has 3 aromatic rings. The van der Waals surface area contributed by atoms with Gasteiger partial charge in [0, 0.05) is 31.7 Å². The Hall–Kier alpha value is -3.16. The first-order chi connectivity index (χ1) is 16.5. The minimum Gasteiger partial charge on any atom is -0.492 e. The van der Waals surface area contributed by atoms with E-state index in [4.69, 9.17) is 4.74 Å². The Balaban J connectivity index is 1.70. The molecule has 0 radical (unpaired) electrons. The minimum atomic E-state index is -3.75. The van der Waals surface area contributed by atoms with Crippen molar-refractivity contribution < 1.29 is 17.9 Å². The van der Waals surface area contributed by atoms with E-state index in [2.05, 4.69) is 0 Å². The summed E-state index contributed by atoms with van der Waals surface area (Å²) in [5, 5.41) is 0. The van der Waals surface area contributed by atoms with Crippen LogP contribution < -0.4 is 4.74 Å². The van der Waals surface area contributed by atoms with Gasteiger partial charge in [-0.1, -0.05) is 60.7 Å². The average Bonchev–Trinajstić information content (AvgIpc) is 3.41. The fourth-order valence-electron chi connectivity index (χ4n) is 4.17. The van der Waals surface area contributed by atoms with Crippen LogP contribution in [0, 0.1) is 0 Å². The molecule has 1 aliphatic heterocycles. The molecule has 1 amide bonds. The van der Waals surface area contributed by atoms with Crippen molar-refractivity contribution in [3.8, 4) is 5.75 Å². The third-order valence-electron chi connectivity index (χ3n) is 5.89. The van der Waals surface area contributed by atoms with Crippen molar-refractivity contribution in [3.05, 3.63) is 95.6 Å². The molecular formula is C27H30N2O4S. The number of amides is 1. The Bertz CT molecular complexity index is 1170. The zero-order chi connectivity index (χ0) is 24.0. The summed E-state index contributed by atoms with van der Waals surface area (Å²) in [6.45, 7) is 3.95. The van der Waals surface area contributed by atoms with Crippen LogP contribution in [0.5, 0.6) is 5.75 Å². The van der Waals surface area contributed by atoms with Crippen LogP contribution in [0.15, 0.2) is 83.8 Å². The third kappa shape index (κ3) is 5.48. The summed E-state index contributed by atoms with van der Waals surface area (Å²) in [5.74, 6) is 0.0530. The number of rotatable bonds is 9. The van der Waals surface area contributed by atoms with Crippen LogP contribution in [0.25, 0.3) is 0 Å². The van der Waals surface area contributed by atoms with E-state index < -0.39 is 10.0 Å². The molecule has 0 saturated carbocycles. The van der Waals surface area contributed by atoms with Gasteiger partial charge in [0.2, 0.25) is 10.0 Å². The van der Waals surface area contributed by atoms with Crippen LogP contribution in [-0.2, 0) is 23.1 Å². The summed E-state index contributed by atoms with van der Waals surface area (Å²) >= 11 is 0. The Morgan fingerprint density at radius 1 is 0.882 bits per heavy atom. The highest BCUT2D eigenvalue weighted by atomic mass is 32.2. The molecule has 4 rings (SSSR count). The quantitative estimate of drug-likeness (QED) is 0.447. The molecule has 1 aliphatic rings. The summed E-state index contributed by atoms with van der Waals surface area (Å²) in [6.07, 6.45) is 1.67. The lowest BCUT2D eigenvalue weighted by molar-refractivity contribution is 0.0729. The molecule has 1 fully saturated rings. The Labute approximate surface area is 201 Å². The lowest BCUT2D eigenvalue weighted by Crippen LogP contribution is -2.31. The molecule has 1 heterocycles. The Morgan fingerprint density at radius 3 is 1.97 bits per heavy atom. The number of hydrogen-bond acceptors (Lipinski definition) is 4. The predicted molar refractivity (Wildman–Crippen MR) is 132 cm³/mol. The number of carbonyl (C=O) groups excluding carboxylic acids is 1. The minimum absolute atomic E-state index is 0.0569. The first-order valence-electron chi connectivity index (χ1n) is 11.6. The molecule has 0 aromatic heterocycles. The highest BCUT2D eigenvalue weighted by molar-refractivity contribution is 7.89. The smallest absolute Gasteiger partial charge is 0.254 e. The standard InChI is InChI=1S/C27H30N2O4S/c1-2-33-25-16-15-24(19-26(25)34(31,32)29-17-9-10-18-29)27(30)28(20-22-11-5-3-6-12-22)21-23-13-7-4-8-14-23/h3-8,11-16,19H,2,9-10,17-18,20-21H2,1H3. The molecular weight excluding hydrogens is 448 g/mol. The molecule has 178 valence electrons. The van der Waals surface area contributed by atoms with Gasteiger partial charge < -0.3 is 9.64 Å². The number of hydrogen-bond donors (Lipinski definition) is 0. The second-order valence-electron chi connectivity index (χ2n) is 8.34. The number of nitrogens with zero attached hydrogens (tertiary/aromatic N) is 2. The first-order valence-corrected chi connectivity index (χ1v) is 13.1. The zero-order valence-electron chi connectivity index (χ0n) is 19.4. The molecule has 1 saturated heterocycles. The molecule has 0 aliphatic carbocycles. The lowest BCUT2D eigenvalue weighted by atomic mass is 10.1. The maximum Gasteiger partial charge on any atom is 0.254 e. The number of carbonyl (C=O) groups is 1. The highest BCUT2D eigenvalue weighted by Gasteiger charge is 2.31. The summed E-state index contributed by atoms with van der Waals surface area (Å²) in [4.78, 5) is 15.5. The van der Waals surface area contributed by atoms with Crippen molar-refractivity contribution >= 4 is 15.9 Å². The first kappa shape index (κ1) is 24.0. The van der Waals surface area contributed by atoms with Crippen LogP contribution in [0.3, 0.4) is 0 Å². The average molecular weight is 479 g/mol. The summed E-state index contributed by atoms with van der Waals surface area (Å²) in [5.41, 5.74) is 2.33. The fraction of sp³-hybridized carbons (Fsp3) is 0.296. The normalized spacial score (nSPS) is 14.1. The van der Waals surface area contributed by atoms with E-state index in [0.29, 0.717) is 38.3 Å². The molecule has 0 N–H and O–H groups in total. The van der Waals surface area contributed by atoms with Crippen molar-refractivity contribution in [1.29, 1.82) is 0 Å². The Kier molecular flexibility index (Phi) is 7.65. The van der Waals surface area contributed by atoms with Crippen molar-refractivity contribution in [1.82, 2.24) is 9.21 Å². The second kappa shape index (κ2) is 10.8. The van der Waals surface area contributed by atoms with Crippen LogP contribution in [0.1, 0.15) is 41.3 Å². The molecule has 0 unspecified atom stereocenters. The van der Waals surface area contributed by atoms with Gasteiger partial charge in [-0.25, -0.2) is 8.42 Å². The monoisotopic (exact) mass is 478 g/mol. The van der Waals surface area contributed by atoms with Gasteiger partial charge in [0.05, 0.1) is 6.61 Å². The van der Waals surface area contributed by atoms with Crippen molar-refractivity contribution in [2.45, 2.75) is 37.8 Å². The molecule has 7 heteroatoms. The molecule has 34 heavy (non-hydrogen) atoms. The molecule has 0 spiro atoms. The van der Waals surface area contributed by atoms with Crippen LogP contribution in [-0.4, -0.2) is 43.2 Å². The molecule has 6 nitrogen and oxygen atoms in total. The van der Waals surface area contributed by atoms with Gasteiger partial charge in [-0.3, -0.25) is 4.79 Å². The van der Waals surface area contributed by atoms with Crippen molar-refractivity contribution in [3.63, 3.8) is 0 Å². The largest absolute Gasteiger partial charge is 0.492 e. The van der Waals surface area contributed by atoms with E-state index in [0.717, 1.165) is 24.0 Å². The topological polar surface area (TPSA) is 66.9 Å². The zero-order valence-corrected chi connectivity index (χ0v) is 20.2. The van der Waals surface area contributed by atoms with E-state index in [9.17, 15) is 13.2 Å². The van der Waals surface area contributed by atoms with E-state index in [-0.39, 0.29) is 16.6 Å². The number of sulfonamides is 1. The third-order valence-corrected chi connectivity index (χ3v) is 7.81. The molecule has 0 atom stereocenters. The highest BCUT2D eigenvalue weighted by Crippen LogP contribution is 2.31. The van der Waals surface area contributed by atoms with Crippen molar-refractivity contribution in [2.24, 2.45) is 0 Å². The van der Waals surface area contributed by atoms with Crippen LogP contribution >= 0.6 is 0 Å². The van der Waals surface area contributed by atoms with E-state index in [1.54, 1.807) is 17.0 Å². The number of ether oxygens (including phenoxy) is 1. The summed E-state index contributed by atoms with van der Waals surface area (Å²) in [7, 11) is -3.75. The maximum atomic E-state index is 13.7. The lowest BCUT2D eigenvalue weighted by Gasteiger charge is -2.24. The fourth-order valence-corrected chi connectivity index (χ4v) is 5.85. The number of benzene rings is 3. The van der Waals surface area contributed by atoms with Crippen LogP contribution in [0.2, 0.25) is 0 Å². The molecule has 3 aromatic carbocycles. The van der Waals surface area contributed by atoms with Gasteiger partial charge in [-0.15, -0.1) is 0 Å². The van der Waals surface area contributed by atoms with Gasteiger partial charge >= 0.3 is 0 Å². The predicted octanol–water partition coefficient (Wildman–Crippen LogP) is 4.71. The van der Waals surface area contributed by atoms with Gasteiger partial charge in [0.1, 0.15) is 10.6 Å². The SMILES string of the molecule is CCOc1ccc(C(=O)N(Cc2ccccc2)Cc2ccccc2)cc1S(=O)(=O)N1CCCC1. The molecule has 0 bridgehead atoms. The van der Waals surface area contributed by atoms with Gasteiger partial charge in [0.25, 0.3) is 5.91 Å². The van der Waals surface area contributed by atoms with E-state index in [1.807, 2.05) is 67.6 Å². The van der Waals surface area contributed by atoms with Crippen LogP contribution in [0.4, 0.5) is 0 Å². The summed E-state index contributed by atoms with van der Waals surface area (Å²) < 4.78 is 33.9.